The Balaban J connectivity index is 1.73. The van der Waals surface area contributed by atoms with E-state index in [1.54, 1.807) is 17.3 Å². The Morgan fingerprint density at radius 3 is 2.74 bits per heavy atom. The Labute approximate surface area is 159 Å². The van der Waals surface area contributed by atoms with E-state index in [9.17, 15) is 9.59 Å². The fraction of sp³-hybridized carbons (Fsp3) is 0.526. The summed E-state index contributed by atoms with van der Waals surface area (Å²) in [5.41, 5.74) is 1.17. The van der Waals surface area contributed by atoms with Crippen molar-refractivity contribution in [1.29, 1.82) is 0 Å². The van der Waals surface area contributed by atoms with Crippen LogP contribution in [0.3, 0.4) is 0 Å². The molecule has 0 N–H and O–H groups in total. The van der Waals surface area contributed by atoms with Gasteiger partial charge in [0.05, 0.1) is 17.9 Å². The molecule has 1 aliphatic rings. The SMILES string of the molecule is CCN(CC)C(=O)Cn1cc(C(=O)N2CCCC[C@H]2c2ccccn2)nn1. The van der Waals surface area contributed by atoms with E-state index in [0.29, 0.717) is 19.6 Å². The Morgan fingerprint density at radius 1 is 1.22 bits per heavy atom. The molecular weight excluding hydrogens is 344 g/mol. The summed E-state index contributed by atoms with van der Waals surface area (Å²) in [6.45, 7) is 5.93. The molecule has 0 radical (unpaired) electrons. The van der Waals surface area contributed by atoms with Gasteiger partial charge in [-0.25, -0.2) is 4.68 Å². The number of pyridine rings is 1. The maximum atomic E-state index is 13.0. The van der Waals surface area contributed by atoms with Crippen molar-refractivity contribution in [1.82, 2.24) is 29.8 Å². The van der Waals surface area contributed by atoms with Gasteiger partial charge in [-0.15, -0.1) is 5.10 Å². The first kappa shape index (κ1) is 19.0. The Kier molecular flexibility index (Phi) is 6.16. The number of likely N-dealkylation sites (tertiary alicyclic amines) is 1. The van der Waals surface area contributed by atoms with Gasteiger partial charge in [0.25, 0.3) is 5.91 Å². The quantitative estimate of drug-likeness (QED) is 0.775. The zero-order valence-electron chi connectivity index (χ0n) is 15.9. The number of likely N-dealkylation sites (N-methyl/N-ethyl adjacent to an activating group) is 1. The predicted octanol–water partition coefficient (Wildman–Crippen LogP) is 1.91. The van der Waals surface area contributed by atoms with E-state index in [0.717, 1.165) is 25.0 Å². The zero-order chi connectivity index (χ0) is 19.2. The van der Waals surface area contributed by atoms with Crippen LogP contribution < -0.4 is 0 Å². The van der Waals surface area contributed by atoms with Gasteiger partial charge < -0.3 is 9.80 Å². The number of hydrogen-bond donors (Lipinski definition) is 0. The minimum Gasteiger partial charge on any atom is -0.342 e. The van der Waals surface area contributed by atoms with Gasteiger partial charge >= 0.3 is 0 Å². The molecule has 2 aromatic heterocycles. The van der Waals surface area contributed by atoms with Gasteiger partial charge in [-0.3, -0.25) is 14.6 Å². The molecule has 27 heavy (non-hydrogen) atoms. The van der Waals surface area contributed by atoms with Crippen LogP contribution in [0.15, 0.2) is 30.6 Å². The van der Waals surface area contributed by atoms with Crippen LogP contribution in [0.2, 0.25) is 0 Å². The van der Waals surface area contributed by atoms with Gasteiger partial charge in [0.15, 0.2) is 5.69 Å². The number of piperidine rings is 1. The molecule has 3 rings (SSSR count). The number of rotatable bonds is 6. The molecule has 3 heterocycles. The van der Waals surface area contributed by atoms with Crippen molar-refractivity contribution in [3.63, 3.8) is 0 Å². The van der Waals surface area contributed by atoms with E-state index < -0.39 is 0 Å². The zero-order valence-corrected chi connectivity index (χ0v) is 15.9. The van der Waals surface area contributed by atoms with Gasteiger partial charge in [-0.2, -0.15) is 0 Å². The molecule has 0 aromatic carbocycles. The van der Waals surface area contributed by atoms with Crippen LogP contribution in [0, 0.1) is 0 Å². The number of carbonyl (C=O) groups excluding carboxylic acids is 2. The van der Waals surface area contributed by atoms with Crippen molar-refractivity contribution in [2.24, 2.45) is 0 Å². The van der Waals surface area contributed by atoms with E-state index in [1.807, 2.05) is 36.9 Å². The van der Waals surface area contributed by atoms with E-state index in [2.05, 4.69) is 15.3 Å². The highest BCUT2D eigenvalue weighted by Crippen LogP contribution is 2.30. The van der Waals surface area contributed by atoms with Crippen LogP contribution in [-0.2, 0) is 11.3 Å². The molecule has 0 spiro atoms. The van der Waals surface area contributed by atoms with E-state index in [4.69, 9.17) is 0 Å². The lowest BCUT2D eigenvalue weighted by atomic mass is 9.98. The Morgan fingerprint density at radius 2 is 2.04 bits per heavy atom. The monoisotopic (exact) mass is 370 g/mol. The molecule has 0 saturated carbocycles. The molecule has 1 aliphatic heterocycles. The lowest BCUT2D eigenvalue weighted by molar-refractivity contribution is -0.131. The summed E-state index contributed by atoms with van der Waals surface area (Å²) >= 11 is 0. The molecule has 8 nitrogen and oxygen atoms in total. The highest BCUT2D eigenvalue weighted by Gasteiger charge is 2.31. The Bertz CT molecular complexity index is 772. The van der Waals surface area contributed by atoms with Crippen LogP contribution in [0.4, 0.5) is 0 Å². The standard InChI is InChI=1S/C19H26N6O2/c1-3-23(4-2)18(26)14-24-13-16(21-22-24)19(27)25-12-8-6-10-17(25)15-9-5-7-11-20-15/h5,7,9,11,13,17H,3-4,6,8,10,12,14H2,1-2H3/t17-/m0/s1. The van der Waals surface area contributed by atoms with Crippen molar-refractivity contribution in [3.8, 4) is 0 Å². The molecule has 1 fully saturated rings. The first-order valence-electron chi connectivity index (χ1n) is 9.53. The van der Waals surface area contributed by atoms with Crippen LogP contribution in [0.1, 0.15) is 55.3 Å². The third-order valence-electron chi connectivity index (χ3n) is 4.96. The number of hydrogen-bond acceptors (Lipinski definition) is 5. The lowest BCUT2D eigenvalue weighted by Crippen LogP contribution is -2.39. The molecule has 0 unspecified atom stereocenters. The van der Waals surface area contributed by atoms with Gasteiger partial charge in [0.2, 0.25) is 5.91 Å². The van der Waals surface area contributed by atoms with E-state index in [1.165, 1.54) is 4.68 Å². The van der Waals surface area contributed by atoms with E-state index in [-0.39, 0.29) is 30.1 Å². The highest BCUT2D eigenvalue weighted by molar-refractivity contribution is 5.92. The highest BCUT2D eigenvalue weighted by atomic mass is 16.2. The summed E-state index contributed by atoms with van der Waals surface area (Å²) in [7, 11) is 0. The van der Waals surface area contributed by atoms with Gasteiger partial charge in [-0.1, -0.05) is 11.3 Å². The predicted molar refractivity (Wildman–Crippen MR) is 99.8 cm³/mol. The third-order valence-corrected chi connectivity index (χ3v) is 4.96. The molecular formula is C19H26N6O2. The first-order chi connectivity index (χ1) is 13.1. The summed E-state index contributed by atoms with van der Waals surface area (Å²) in [5.74, 6) is -0.194. The molecule has 2 amide bonds. The average Bonchev–Trinajstić information content (AvgIpc) is 3.17. The van der Waals surface area contributed by atoms with Crippen LogP contribution >= 0.6 is 0 Å². The Hall–Kier alpha value is -2.77. The van der Waals surface area contributed by atoms with Crippen LogP contribution in [0.25, 0.3) is 0 Å². The number of aromatic nitrogens is 4. The topological polar surface area (TPSA) is 84.2 Å². The molecule has 144 valence electrons. The summed E-state index contributed by atoms with van der Waals surface area (Å²) in [6, 6.07) is 5.72. The molecule has 0 aliphatic carbocycles. The molecule has 1 saturated heterocycles. The number of nitrogens with zero attached hydrogens (tertiary/aromatic N) is 6. The minimum absolute atomic E-state index is 0.0340. The summed E-state index contributed by atoms with van der Waals surface area (Å²) in [4.78, 5) is 33.2. The maximum Gasteiger partial charge on any atom is 0.276 e. The summed E-state index contributed by atoms with van der Waals surface area (Å²) < 4.78 is 1.44. The normalized spacial score (nSPS) is 17.0. The third kappa shape index (κ3) is 4.32. The fourth-order valence-corrected chi connectivity index (χ4v) is 3.49. The van der Waals surface area contributed by atoms with Gasteiger partial charge in [0, 0.05) is 25.8 Å². The molecule has 8 heteroatoms. The molecule has 0 bridgehead atoms. The van der Waals surface area contributed by atoms with Crippen molar-refractivity contribution in [2.45, 2.75) is 45.7 Å². The lowest BCUT2D eigenvalue weighted by Gasteiger charge is -2.34. The van der Waals surface area contributed by atoms with E-state index >= 15 is 0 Å². The maximum absolute atomic E-state index is 13.0. The van der Waals surface area contributed by atoms with Gasteiger partial charge in [0.1, 0.15) is 6.54 Å². The van der Waals surface area contributed by atoms with Crippen molar-refractivity contribution < 1.29 is 9.59 Å². The van der Waals surface area contributed by atoms with Gasteiger partial charge in [-0.05, 0) is 45.2 Å². The molecule has 2 aromatic rings. The summed E-state index contributed by atoms with van der Waals surface area (Å²) in [6.07, 6.45) is 6.23. The minimum atomic E-state index is -0.160. The first-order valence-corrected chi connectivity index (χ1v) is 9.53. The largest absolute Gasteiger partial charge is 0.342 e. The van der Waals surface area contributed by atoms with Crippen molar-refractivity contribution >= 4 is 11.8 Å². The summed E-state index contributed by atoms with van der Waals surface area (Å²) in [5, 5.41) is 7.99. The number of carbonyl (C=O) groups is 2. The van der Waals surface area contributed by atoms with Crippen molar-refractivity contribution in [3.05, 3.63) is 42.0 Å². The van der Waals surface area contributed by atoms with Crippen LogP contribution in [0.5, 0.6) is 0 Å². The van der Waals surface area contributed by atoms with Crippen LogP contribution in [-0.4, -0.2) is 61.2 Å². The second kappa shape index (κ2) is 8.75. The average molecular weight is 370 g/mol. The fourth-order valence-electron chi connectivity index (χ4n) is 3.49. The second-order valence-electron chi connectivity index (χ2n) is 6.63. The molecule has 1 atom stereocenters. The second-order valence-corrected chi connectivity index (χ2v) is 6.63. The van der Waals surface area contributed by atoms with Crippen molar-refractivity contribution in [2.75, 3.05) is 19.6 Å². The smallest absolute Gasteiger partial charge is 0.276 e. The number of amides is 2.